The molecule has 1 aromatic rings. The minimum atomic E-state index is 0.127. The molecule has 13 heavy (non-hydrogen) atoms. The Kier molecular flexibility index (Phi) is 2.40. The third kappa shape index (κ3) is 1.95. The normalized spacial score (nSPS) is 22.9. The number of nitrogen functional groups attached to an aromatic ring is 1. The Balaban J connectivity index is 2.10. The van der Waals surface area contributed by atoms with Gasteiger partial charge in [-0.05, 0) is 31.4 Å². The number of hydrogen-bond donors (Lipinski definition) is 1. The summed E-state index contributed by atoms with van der Waals surface area (Å²) in [6, 6.07) is 3.65. The van der Waals surface area contributed by atoms with E-state index < -0.39 is 0 Å². The maximum Gasteiger partial charge on any atom is 0.146 e. The molecule has 1 unspecified atom stereocenters. The van der Waals surface area contributed by atoms with Crippen LogP contribution in [0.1, 0.15) is 31.1 Å². The molecular weight excluding hydrogens is 166 g/mol. The van der Waals surface area contributed by atoms with Gasteiger partial charge in [-0.15, -0.1) is 5.10 Å². The molecule has 0 bridgehead atoms. The number of nitrogens with zero attached hydrogens (tertiary/aromatic N) is 2. The van der Waals surface area contributed by atoms with Crippen molar-refractivity contribution in [3.05, 3.63) is 17.8 Å². The number of hydrogen-bond acceptors (Lipinski definition) is 4. The van der Waals surface area contributed by atoms with Gasteiger partial charge in [-0.25, -0.2) is 0 Å². The molecule has 1 atom stereocenters. The van der Waals surface area contributed by atoms with Gasteiger partial charge in [0.25, 0.3) is 0 Å². The Hall–Kier alpha value is -1.16. The van der Waals surface area contributed by atoms with Crippen molar-refractivity contribution in [2.24, 2.45) is 0 Å². The van der Waals surface area contributed by atoms with Crippen LogP contribution in [0.3, 0.4) is 0 Å². The summed E-state index contributed by atoms with van der Waals surface area (Å²) in [5.74, 6) is 0.458. The molecule has 0 aromatic carbocycles. The number of ether oxygens (including phenoxy) is 1. The van der Waals surface area contributed by atoms with Crippen molar-refractivity contribution in [2.45, 2.75) is 25.4 Å². The average Bonchev–Trinajstić information content (AvgIpc) is 2.20. The lowest BCUT2D eigenvalue weighted by molar-refractivity contribution is 0.0118. The van der Waals surface area contributed by atoms with Crippen LogP contribution in [-0.2, 0) is 4.74 Å². The van der Waals surface area contributed by atoms with Gasteiger partial charge in [-0.3, -0.25) is 0 Å². The zero-order valence-electron chi connectivity index (χ0n) is 7.44. The summed E-state index contributed by atoms with van der Waals surface area (Å²) < 4.78 is 5.56. The molecule has 1 aliphatic heterocycles. The molecule has 1 aliphatic rings. The first-order chi connectivity index (χ1) is 6.36. The molecule has 70 valence electrons. The van der Waals surface area contributed by atoms with Gasteiger partial charge >= 0.3 is 0 Å². The van der Waals surface area contributed by atoms with E-state index in [0.717, 1.165) is 25.1 Å². The predicted molar refractivity (Wildman–Crippen MR) is 49.0 cm³/mol. The topological polar surface area (TPSA) is 61.0 Å². The van der Waals surface area contributed by atoms with Crippen LogP contribution in [-0.4, -0.2) is 16.8 Å². The fourth-order valence-corrected chi connectivity index (χ4v) is 1.50. The second-order valence-corrected chi connectivity index (χ2v) is 3.24. The number of rotatable bonds is 1. The van der Waals surface area contributed by atoms with E-state index in [4.69, 9.17) is 10.5 Å². The Bertz CT molecular complexity index is 267. The molecule has 2 N–H and O–H groups in total. The van der Waals surface area contributed by atoms with Crippen LogP contribution in [0.2, 0.25) is 0 Å². The molecule has 0 amide bonds. The van der Waals surface area contributed by atoms with Gasteiger partial charge in [0.05, 0.1) is 5.69 Å². The lowest BCUT2D eigenvalue weighted by atomic mass is 10.1. The molecule has 1 saturated heterocycles. The highest BCUT2D eigenvalue weighted by Gasteiger charge is 2.17. The first-order valence-electron chi connectivity index (χ1n) is 4.57. The van der Waals surface area contributed by atoms with Crippen LogP contribution in [0.5, 0.6) is 0 Å². The lowest BCUT2D eigenvalue weighted by Crippen LogP contribution is -2.13. The summed E-state index contributed by atoms with van der Waals surface area (Å²) in [5.41, 5.74) is 6.34. The van der Waals surface area contributed by atoms with Crippen molar-refractivity contribution in [3.63, 3.8) is 0 Å². The van der Waals surface area contributed by atoms with Crippen molar-refractivity contribution in [2.75, 3.05) is 12.3 Å². The van der Waals surface area contributed by atoms with Crippen molar-refractivity contribution in [1.29, 1.82) is 0 Å². The number of aromatic nitrogens is 2. The minimum absolute atomic E-state index is 0.127. The highest BCUT2D eigenvalue weighted by Crippen LogP contribution is 2.25. The maximum absolute atomic E-state index is 5.56. The van der Waals surface area contributed by atoms with E-state index in [1.807, 2.05) is 6.07 Å². The van der Waals surface area contributed by atoms with E-state index in [2.05, 4.69) is 10.2 Å². The van der Waals surface area contributed by atoms with Crippen molar-refractivity contribution < 1.29 is 4.74 Å². The molecule has 0 aliphatic carbocycles. The summed E-state index contributed by atoms with van der Waals surface area (Å²) in [7, 11) is 0. The molecule has 4 heteroatoms. The second-order valence-electron chi connectivity index (χ2n) is 3.24. The first kappa shape index (κ1) is 8.44. The van der Waals surface area contributed by atoms with E-state index in [1.54, 1.807) is 6.07 Å². The summed E-state index contributed by atoms with van der Waals surface area (Å²) in [5, 5.41) is 7.80. The van der Waals surface area contributed by atoms with Gasteiger partial charge in [0.15, 0.2) is 0 Å². The van der Waals surface area contributed by atoms with Crippen LogP contribution in [0.4, 0.5) is 5.82 Å². The molecule has 1 aromatic heterocycles. The molecule has 2 rings (SSSR count). The predicted octanol–water partition coefficient (Wildman–Crippen LogP) is 1.30. The molecule has 2 heterocycles. The van der Waals surface area contributed by atoms with Gasteiger partial charge < -0.3 is 10.5 Å². The zero-order chi connectivity index (χ0) is 9.10. The Morgan fingerprint density at radius 1 is 1.31 bits per heavy atom. The molecule has 0 radical (unpaired) electrons. The van der Waals surface area contributed by atoms with Crippen molar-refractivity contribution in [3.8, 4) is 0 Å². The third-order valence-corrected chi connectivity index (χ3v) is 2.22. The molecular formula is C9H13N3O. The van der Waals surface area contributed by atoms with Gasteiger partial charge in [-0.1, -0.05) is 0 Å². The highest BCUT2D eigenvalue weighted by molar-refractivity contribution is 5.26. The molecule has 0 spiro atoms. The summed E-state index contributed by atoms with van der Waals surface area (Å²) >= 11 is 0. The Morgan fingerprint density at radius 3 is 2.85 bits per heavy atom. The smallest absolute Gasteiger partial charge is 0.146 e. The minimum Gasteiger partial charge on any atom is -0.382 e. The van der Waals surface area contributed by atoms with Gasteiger partial charge in [0.1, 0.15) is 11.9 Å². The van der Waals surface area contributed by atoms with Crippen molar-refractivity contribution in [1.82, 2.24) is 10.2 Å². The van der Waals surface area contributed by atoms with Crippen LogP contribution < -0.4 is 5.73 Å². The lowest BCUT2D eigenvalue weighted by Gasteiger charge is -2.21. The third-order valence-electron chi connectivity index (χ3n) is 2.22. The highest BCUT2D eigenvalue weighted by atomic mass is 16.5. The number of nitrogens with two attached hydrogens (primary N) is 1. The SMILES string of the molecule is Nc1ccc(C2CCCCO2)nn1. The second kappa shape index (κ2) is 3.70. The first-order valence-corrected chi connectivity index (χ1v) is 4.57. The maximum atomic E-state index is 5.56. The van der Waals surface area contributed by atoms with Crippen LogP contribution in [0.25, 0.3) is 0 Å². The van der Waals surface area contributed by atoms with Gasteiger partial charge in [0, 0.05) is 6.61 Å². The fraction of sp³-hybridized carbons (Fsp3) is 0.556. The fourth-order valence-electron chi connectivity index (χ4n) is 1.50. The summed E-state index contributed by atoms with van der Waals surface area (Å²) in [4.78, 5) is 0. The quantitative estimate of drug-likeness (QED) is 0.705. The van der Waals surface area contributed by atoms with Crippen LogP contribution >= 0.6 is 0 Å². The monoisotopic (exact) mass is 179 g/mol. The molecule has 4 nitrogen and oxygen atoms in total. The standard InChI is InChI=1S/C9H13N3O/c10-9-5-4-7(11-12-9)8-3-1-2-6-13-8/h4-5,8H,1-3,6H2,(H2,10,12). The molecule has 0 saturated carbocycles. The molecule has 1 fully saturated rings. The van der Waals surface area contributed by atoms with E-state index >= 15 is 0 Å². The van der Waals surface area contributed by atoms with Crippen LogP contribution in [0, 0.1) is 0 Å². The summed E-state index contributed by atoms with van der Waals surface area (Å²) in [6.45, 7) is 0.830. The Morgan fingerprint density at radius 2 is 2.23 bits per heavy atom. The summed E-state index contributed by atoms with van der Waals surface area (Å²) in [6.07, 6.45) is 3.52. The van der Waals surface area contributed by atoms with E-state index in [0.29, 0.717) is 5.82 Å². The average molecular weight is 179 g/mol. The van der Waals surface area contributed by atoms with E-state index in [1.165, 1.54) is 6.42 Å². The van der Waals surface area contributed by atoms with Gasteiger partial charge in [-0.2, -0.15) is 5.10 Å². The van der Waals surface area contributed by atoms with Crippen LogP contribution in [0.15, 0.2) is 12.1 Å². The zero-order valence-corrected chi connectivity index (χ0v) is 7.44. The number of anilines is 1. The van der Waals surface area contributed by atoms with Crippen molar-refractivity contribution >= 4 is 5.82 Å². The van der Waals surface area contributed by atoms with Gasteiger partial charge in [0.2, 0.25) is 0 Å². The van der Waals surface area contributed by atoms with E-state index in [9.17, 15) is 0 Å². The van der Waals surface area contributed by atoms with E-state index in [-0.39, 0.29) is 6.10 Å². The largest absolute Gasteiger partial charge is 0.382 e. The Labute approximate surface area is 77.1 Å².